The summed E-state index contributed by atoms with van der Waals surface area (Å²) in [5, 5.41) is 3.46. The number of nitrogen functional groups attached to an aromatic ring is 1. The minimum Gasteiger partial charge on any atom is -0.397 e. The van der Waals surface area contributed by atoms with Crippen LogP contribution in [0.1, 0.15) is 37.5 Å². The number of anilines is 3. The van der Waals surface area contributed by atoms with Crippen LogP contribution in [0, 0.1) is 13.8 Å². The second kappa shape index (κ2) is 5.20. The molecule has 0 radical (unpaired) electrons. The molecule has 2 heteroatoms. The SMILES string of the molecule is Cc1ccc(Nc2cc(C(C)(C)C)ccc2C)c(N)c1. The standard InChI is InChI=1S/C18H24N2/c1-12-6-9-16(15(19)10-12)20-17-11-14(18(3,4)5)8-7-13(17)2/h6-11,20H,19H2,1-5H3. The molecule has 0 fully saturated rings. The molecule has 0 spiro atoms. The van der Waals surface area contributed by atoms with Gasteiger partial charge in [-0.05, 0) is 54.2 Å². The monoisotopic (exact) mass is 268 g/mol. The van der Waals surface area contributed by atoms with Gasteiger partial charge in [0.2, 0.25) is 0 Å². The molecule has 3 N–H and O–H groups in total. The summed E-state index contributed by atoms with van der Waals surface area (Å²) >= 11 is 0. The average molecular weight is 268 g/mol. The topological polar surface area (TPSA) is 38.0 Å². The minimum absolute atomic E-state index is 0.142. The van der Waals surface area contributed by atoms with Crippen molar-refractivity contribution < 1.29 is 0 Å². The van der Waals surface area contributed by atoms with Crippen LogP contribution in [-0.4, -0.2) is 0 Å². The predicted octanol–water partition coefficient (Wildman–Crippen LogP) is 4.93. The third kappa shape index (κ3) is 3.13. The van der Waals surface area contributed by atoms with Crippen molar-refractivity contribution in [1.29, 1.82) is 0 Å². The van der Waals surface area contributed by atoms with Crippen molar-refractivity contribution in [3.05, 3.63) is 53.1 Å². The van der Waals surface area contributed by atoms with E-state index in [1.54, 1.807) is 0 Å². The molecule has 2 nitrogen and oxygen atoms in total. The van der Waals surface area contributed by atoms with Crippen molar-refractivity contribution in [3.63, 3.8) is 0 Å². The van der Waals surface area contributed by atoms with Gasteiger partial charge in [0.25, 0.3) is 0 Å². The van der Waals surface area contributed by atoms with E-state index in [0.29, 0.717) is 0 Å². The molecule has 0 heterocycles. The van der Waals surface area contributed by atoms with Gasteiger partial charge in [-0.25, -0.2) is 0 Å². The van der Waals surface area contributed by atoms with Crippen LogP contribution in [0.5, 0.6) is 0 Å². The van der Waals surface area contributed by atoms with Crippen LogP contribution in [-0.2, 0) is 5.41 Å². The molecule has 0 atom stereocenters. The van der Waals surface area contributed by atoms with Crippen LogP contribution < -0.4 is 11.1 Å². The van der Waals surface area contributed by atoms with E-state index in [2.05, 4.69) is 57.3 Å². The number of nitrogens with two attached hydrogens (primary N) is 1. The predicted molar refractivity (Wildman–Crippen MR) is 88.8 cm³/mol. The summed E-state index contributed by atoms with van der Waals surface area (Å²) in [6, 6.07) is 12.7. The molecule has 2 aromatic carbocycles. The van der Waals surface area contributed by atoms with Crippen LogP contribution >= 0.6 is 0 Å². The molecule has 20 heavy (non-hydrogen) atoms. The van der Waals surface area contributed by atoms with Gasteiger partial charge in [0, 0.05) is 5.69 Å². The van der Waals surface area contributed by atoms with E-state index in [-0.39, 0.29) is 5.41 Å². The smallest absolute Gasteiger partial charge is 0.0618 e. The normalized spacial score (nSPS) is 11.4. The summed E-state index contributed by atoms with van der Waals surface area (Å²) in [7, 11) is 0. The van der Waals surface area contributed by atoms with Crippen molar-refractivity contribution >= 4 is 17.1 Å². The minimum atomic E-state index is 0.142. The van der Waals surface area contributed by atoms with Crippen LogP contribution in [0.2, 0.25) is 0 Å². The average Bonchev–Trinajstić information content (AvgIpc) is 2.33. The molecule has 0 amide bonds. The molecule has 0 saturated carbocycles. The Morgan fingerprint density at radius 3 is 2.20 bits per heavy atom. The lowest BCUT2D eigenvalue weighted by Gasteiger charge is -2.21. The van der Waals surface area contributed by atoms with E-state index in [1.807, 2.05) is 19.1 Å². The first-order chi connectivity index (χ1) is 9.27. The van der Waals surface area contributed by atoms with Crippen molar-refractivity contribution in [2.75, 3.05) is 11.1 Å². The van der Waals surface area contributed by atoms with Gasteiger partial charge in [-0.3, -0.25) is 0 Å². The summed E-state index contributed by atoms with van der Waals surface area (Å²) < 4.78 is 0. The molecule has 0 unspecified atom stereocenters. The Balaban J connectivity index is 2.38. The third-order valence-corrected chi connectivity index (χ3v) is 3.58. The molecule has 2 rings (SSSR count). The first-order valence-corrected chi connectivity index (χ1v) is 7.01. The maximum Gasteiger partial charge on any atom is 0.0618 e. The first-order valence-electron chi connectivity index (χ1n) is 7.01. The number of aryl methyl sites for hydroxylation is 2. The molecule has 2 aromatic rings. The van der Waals surface area contributed by atoms with Crippen LogP contribution in [0.3, 0.4) is 0 Å². The van der Waals surface area contributed by atoms with Crippen molar-refractivity contribution in [2.24, 2.45) is 0 Å². The molecule has 0 bridgehead atoms. The maximum absolute atomic E-state index is 6.08. The zero-order valence-corrected chi connectivity index (χ0v) is 13.0. The van der Waals surface area contributed by atoms with Gasteiger partial charge >= 0.3 is 0 Å². The summed E-state index contributed by atoms with van der Waals surface area (Å²) in [4.78, 5) is 0. The highest BCUT2D eigenvalue weighted by Gasteiger charge is 2.15. The largest absolute Gasteiger partial charge is 0.397 e. The van der Waals surface area contributed by atoms with E-state index in [4.69, 9.17) is 5.73 Å². The van der Waals surface area contributed by atoms with E-state index in [9.17, 15) is 0 Å². The third-order valence-electron chi connectivity index (χ3n) is 3.58. The highest BCUT2D eigenvalue weighted by molar-refractivity contribution is 5.74. The number of hydrogen-bond donors (Lipinski definition) is 2. The maximum atomic E-state index is 6.08. The van der Waals surface area contributed by atoms with Gasteiger partial charge < -0.3 is 11.1 Å². The second-order valence-corrected chi connectivity index (χ2v) is 6.50. The Morgan fingerprint density at radius 1 is 0.900 bits per heavy atom. The zero-order valence-electron chi connectivity index (χ0n) is 13.0. The molecule has 0 aromatic heterocycles. The molecule has 0 aliphatic rings. The van der Waals surface area contributed by atoms with Gasteiger partial charge in [-0.2, -0.15) is 0 Å². The number of benzene rings is 2. The molecule has 0 saturated heterocycles. The Labute approximate surface area is 122 Å². The Kier molecular flexibility index (Phi) is 3.76. The molecular formula is C18H24N2. The summed E-state index contributed by atoms with van der Waals surface area (Å²) in [6.45, 7) is 10.8. The van der Waals surface area contributed by atoms with Crippen molar-refractivity contribution in [2.45, 2.75) is 40.0 Å². The van der Waals surface area contributed by atoms with Gasteiger partial charge in [0.15, 0.2) is 0 Å². The van der Waals surface area contributed by atoms with Crippen molar-refractivity contribution in [3.8, 4) is 0 Å². The van der Waals surface area contributed by atoms with Gasteiger partial charge in [-0.1, -0.05) is 39.0 Å². The lowest BCUT2D eigenvalue weighted by atomic mass is 9.86. The van der Waals surface area contributed by atoms with E-state index >= 15 is 0 Å². The Morgan fingerprint density at radius 2 is 1.60 bits per heavy atom. The summed E-state index contributed by atoms with van der Waals surface area (Å²) in [5.74, 6) is 0. The molecular weight excluding hydrogens is 244 g/mol. The highest BCUT2D eigenvalue weighted by atomic mass is 14.9. The Hall–Kier alpha value is -1.96. The summed E-state index contributed by atoms with van der Waals surface area (Å²) in [6.07, 6.45) is 0. The van der Waals surface area contributed by atoms with E-state index < -0.39 is 0 Å². The lowest BCUT2D eigenvalue weighted by Crippen LogP contribution is -2.11. The van der Waals surface area contributed by atoms with Crippen molar-refractivity contribution in [1.82, 2.24) is 0 Å². The number of hydrogen-bond acceptors (Lipinski definition) is 2. The van der Waals surface area contributed by atoms with Gasteiger partial charge in [0.1, 0.15) is 0 Å². The van der Waals surface area contributed by atoms with Gasteiger partial charge in [0.05, 0.1) is 11.4 Å². The summed E-state index contributed by atoms with van der Waals surface area (Å²) in [5.41, 5.74) is 12.8. The van der Waals surface area contributed by atoms with E-state index in [1.165, 1.54) is 16.7 Å². The zero-order chi connectivity index (χ0) is 14.9. The fraction of sp³-hybridized carbons (Fsp3) is 0.333. The lowest BCUT2D eigenvalue weighted by molar-refractivity contribution is 0.590. The number of rotatable bonds is 2. The highest BCUT2D eigenvalue weighted by Crippen LogP contribution is 2.30. The van der Waals surface area contributed by atoms with Crippen LogP contribution in [0.15, 0.2) is 36.4 Å². The number of nitrogens with one attached hydrogen (secondary N) is 1. The second-order valence-electron chi connectivity index (χ2n) is 6.50. The van der Waals surface area contributed by atoms with Gasteiger partial charge in [-0.15, -0.1) is 0 Å². The van der Waals surface area contributed by atoms with Crippen LogP contribution in [0.4, 0.5) is 17.1 Å². The fourth-order valence-electron chi connectivity index (χ4n) is 2.16. The molecule has 106 valence electrons. The fourth-order valence-corrected chi connectivity index (χ4v) is 2.16. The molecule has 0 aliphatic heterocycles. The molecule has 0 aliphatic carbocycles. The van der Waals surface area contributed by atoms with Crippen LogP contribution in [0.25, 0.3) is 0 Å². The Bertz CT molecular complexity index is 622. The van der Waals surface area contributed by atoms with E-state index in [0.717, 1.165) is 17.1 Å². The first kappa shape index (κ1) is 14.4. The quantitative estimate of drug-likeness (QED) is 0.758.